The summed E-state index contributed by atoms with van der Waals surface area (Å²) in [5, 5.41) is 0. The minimum absolute atomic E-state index is 0.0795. The van der Waals surface area contributed by atoms with Crippen LogP contribution in [0.1, 0.15) is 25.2 Å². The summed E-state index contributed by atoms with van der Waals surface area (Å²) in [4.78, 5) is 33.8. The van der Waals surface area contributed by atoms with Crippen molar-refractivity contribution in [1.82, 2.24) is 24.0 Å². The maximum Gasteiger partial charge on any atom is 0.329 e. The van der Waals surface area contributed by atoms with Crippen molar-refractivity contribution in [3.05, 3.63) is 62.3 Å². The first-order chi connectivity index (χ1) is 13.8. The van der Waals surface area contributed by atoms with Crippen molar-refractivity contribution < 1.29 is 9.13 Å². The molecule has 0 saturated carbocycles. The number of ether oxygens (including phenoxy) is 1. The van der Waals surface area contributed by atoms with Gasteiger partial charge in [-0.05, 0) is 19.9 Å². The molecule has 1 aliphatic rings. The lowest BCUT2D eigenvalue weighted by Gasteiger charge is -2.35. The molecule has 1 fully saturated rings. The number of hydrogen-bond donors (Lipinski definition) is 1. The Morgan fingerprint density at radius 2 is 1.86 bits per heavy atom. The number of benzene rings is 1. The molecule has 0 radical (unpaired) electrons. The molecular weight excluding hydrogens is 377 g/mol. The van der Waals surface area contributed by atoms with Crippen LogP contribution in [0.15, 0.2) is 33.9 Å². The zero-order valence-corrected chi connectivity index (χ0v) is 16.7. The van der Waals surface area contributed by atoms with E-state index in [1.54, 1.807) is 29.8 Å². The molecule has 29 heavy (non-hydrogen) atoms. The predicted octanol–water partition coefficient (Wildman–Crippen LogP) is 1.22. The second-order valence-corrected chi connectivity index (χ2v) is 7.65. The SMILES string of the molecule is CC1CN(Cc2nc3c(c(=O)[nH]c(=O)n3C)n2Cc2ccccc2F)CC(C)O1. The molecule has 8 nitrogen and oxygen atoms in total. The highest BCUT2D eigenvalue weighted by Crippen LogP contribution is 2.19. The molecule has 9 heteroatoms. The second kappa shape index (κ2) is 7.57. The lowest BCUT2D eigenvalue weighted by Crippen LogP contribution is -2.45. The summed E-state index contributed by atoms with van der Waals surface area (Å²) >= 11 is 0. The van der Waals surface area contributed by atoms with Crippen LogP contribution in [-0.2, 0) is 24.9 Å². The molecule has 0 spiro atoms. The topological polar surface area (TPSA) is 85.2 Å². The Balaban J connectivity index is 1.83. The van der Waals surface area contributed by atoms with E-state index in [1.807, 2.05) is 13.8 Å². The first kappa shape index (κ1) is 19.5. The van der Waals surface area contributed by atoms with Crippen molar-refractivity contribution in [3.8, 4) is 0 Å². The Hall–Kier alpha value is -2.78. The van der Waals surface area contributed by atoms with Gasteiger partial charge in [-0.15, -0.1) is 0 Å². The van der Waals surface area contributed by atoms with Gasteiger partial charge in [-0.2, -0.15) is 0 Å². The molecule has 4 rings (SSSR count). The fraction of sp³-hybridized carbons (Fsp3) is 0.450. The molecule has 1 N–H and O–H groups in total. The molecular formula is C20H24FN5O3. The second-order valence-electron chi connectivity index (χ2n) is 7.65. The molecule has 1 aromatic carbocycles. The van der Waals surface area contributed by atoms with Crippen LogP contribution in [0.2, 0.25) is 0 Å². The number of aromatic nitrogens is 4. The van der Waals surface area contributed by atoms with E-state index in [-0.39, 0.29) is 30.1 Å². The molecule has 0 aliphatic carbocycles. The van der Waals surface area contributed by atoms with E-state index < -0.39 is 11.2 Å². The molecule has 2 aromatic heterocycles. The Labute approximate surface area is 166 Å². The van der Waals surface area contributed by atoms with Gasteiger partial charge in [0.1, 0.15) is 11.6 Å². The van der Waals surface area contributed by atoms with E-state index >= 15 is 0 Å². The predicted molar refractivity (Wildman–Crippen MR) is 106 cm³/mol. The summed E-state index contributed by atoms with van der Waals surface area (Å²) < 4.78 is 23.1. The molecule has 3 heterocycles. The quantitative estimate of drug-likeness (QED) is 0.711. The monoisotopic (exact) mass is 401 g/mol. The molecule has 3 aromatic rings. The van der Waals surface area contributed by atoms with E-state index in [2.05, 4.69) is 14.9 Å². The van der Waals surface area contributed by atoms with Gasteiger partial charge in [0.25, 0.3) is 5.56 Å². The van der Waals surface area contributed by atoms with E-state index in [4.69, 9.17) is 4.74 Å². The van der Waals surface area contributed by atoms with Crippen LogP contribution in [0.4, 0.5) is 4.39 Å². The number of rotatable bonds is 4. The van der Waals surface area contributed by atoms with Gasteiger partial charge in [-0.1, -0.05) is 18.2 Å². The van der Waals surface area contributed by atoms with Crippen molar-refractivity contribution in [1.29, 1.82) is 0 Å². The largest absolute Gasteiger partial charge is 0.373 e. The van der Waals surface area contributed by atoms with E-state index in [0.717, 1.165) is 13.1 Å². The van der Waals surface area contributed by atoms with Crippen molar-refractivity contribution >= 4 is 11.2 Å². The molecule has 1 aliphatic heterocycles. The van der Waals surface area contributed by atoms with Crippen molar-refractivity contribution in [3.63, 3.8) is 0 Å². The average Bonchev–Trinajstić information content (AvgIpc) is 2.99. The minimum atomic E-state index is -0.529. The molecule has 1 saturated heterocycles. The normalized spacial score (nSPS) is 20.4. The number of nitrogens with one attached hydrogen (secondary N) is 1. The molecule has 2 unspecified atom stereocenters. The number of aromatic amines is 1. The van der Waals surface area contributed by atoms with Crippen LogP contribution >= 0.6 is 0 Å². The highest BCUT2D eigenvalue weighted by atomic mass is 19.1. The van der Waals surface area contributed by atoms with Gasteiger partial charge in [-0.25, -0.2) is 14.2 Å². The van der Waals surface area contributed by atoms with Gasteiger partial charge in [0, 0.05) is 25.7 Å². The highest BCUT2D eigenvalue weighted by molar-refractivity contribution is 5.71. The molecule has 2 atom stereocenters. The number of hydrogen-bond acceptors (Lipinski definition) is 5. The Kier molecular flexibility index (Phi) is 5.10. The fourth-order valence-corrected chi connectivity index (χ4v) is 3.98. The Bertz CT molecular complexity index is 1160. The van der Waals surface area contributed by atoms with Crippen LogP contribution in [0.5, 0.6) is 0 Å². The van der Waals surface area contributed by atoms with E-state index in [9.17, 15) is 14.0 Å². The van der Waals surface area contributed by atoms with Gasteiger partial charge in [0.2, 0.25) is 0 Å². The average molecular weight is 401 g/mol. The van der Waals surface area contributed by atoms with Gasteiger partial charge in [0.05, 0.1) is 25.3 Å². The van der Waals surface area contributed by atoms with Crippen LogP contribution in [0.25, 0.3) is 11.2 Å². The van der Waals surface area contributed by atoms with Crippen molar-refractivity contribution in [2.75, 3.05) is 13.1 Å². The smallest absolute Gasteiger partial charge is 0.329 e. The summed E-state index contributed by atoms with van der Waals surface area (Å²) in [5.74, 6) is 0.256. The summed E-state index contributed by atoms with van der Waals surface area (Å²) in [6, 6.07) is 6.45. The lowest BCUT2D eigenvalue weighted by atomic mass is 10.2. The summed E-state index contributed by atoms with van der Waals surface area (Å²) in [5.41, 5.74) is -0.0516. The first-order valence-electron chi connectivity index (χ1n) is 9.63. The van der Waals surface area contributed by atoms with Gasteiger partial charge in [-0.3, -0.25) is 19.2 Å². The number of fused-ring (bicyclic) bond motifs is 1. The summed E-state index contributed by atoms with van der Waals surface area (Å²) in [6.07, 6.45) is 0.159. The summed E-state index contributed by atoms with van der Waals surface area (Å²) in [6.45, 7) is 6.09. The van der Waals surface area contributed by atoms with Gasteiger partial charge in [0.15, 0.2) is 11.2 Å². The third-order valence-electron chi connectivity index (χ3n) is 5.23. The number of nitrogens with zero attached hydrogens (tertiary/aromatic N) is 4. The van der Waals surface area contributed by atoms with Crippen molar-refractivity contribution in [2.45, 2.75) is 39.1 Å². The van der Waals surface area contributed by atoms with Crippen LogP contribution in [0, 0.1) is 5.82 Å². The van der Waals surface area contributed by atoms with Crippen molar-refractivity contribution in [2.24, 2.45) is 7.05 Å². The van der Waals surface area contributed by atoms with E-state index in [0.29, 0.717) is 23.6 Å². The number of aryl methyl sites for hydroxylation is 1. The lowest BCUT2D eigenvalue weighted by molar-refractivity contribution is -0.0712. The summed E-state index contributed by atoms with van der Waals surface area (Å²) in [7, 11) is 1.56. The first-order valence-corrected chi connectivity index (χ1v) is 9.63. The molecule has 0 amide bonds. The molecule has 0 bridgehead atoms. The Morgan fingerprint density at radius 1 is 1.17 bits per heavy atom. The highest BCUT2D eigenvalue weighted by Gasteiger charge is 2.25. The number of imidazole rings is 1. The molecule has 154 valence electrons. The third kappa shape index (κ3) is 3.75. The van der Waals surface area contributed by atoms with Gasteiger partial charge < -0.3 is 9.30 Å². The van der Waals surface area contributed by atoms with Crippen LogP contribution in [0.3, 0.4) is 0 Å². The number of morpholine rings is 1. The van der Waals surface area contributed by atoms with Gasteiger partial charge >= 0.3 is 5.69 Å². The van der Waals surface area contributed by atoms with Crippen LogP contribution < -0.4 is 11.2 Å². The zero-order valence-electron chi connectivity index (χ0n) is 16.7. The Morgan fingerprint density at radius 3 is 2.55 bits per heavy atom. The zero-order chi connectivity index (χ0) is 20.7. The number of halogens is 1. The number of H-pyrrole nitrogens is 1. The van der Waals surface area contributed by atoms with E-state index in [1.165, 1.54) is 10.6 Å². The fourth-order valence-electron chi connectivity index (χ4n) is 3.98. The maximum atomic E-state index is 14.3. The third-order valence-corrected chi connectivity index (χ3v) is 5.23. The standard InChI is InChI=1S/C20H24FN5O3/c1-12-8-25(9-13(2)29-12)11-16-22-18-17(19(27)23-20(28)24(18)3)26(16)10-14-6-4-5-7-15(14)21/h4-7,12-13H,8-11H2,1-3H3,(H,23,27,28). The minimum Gasteiger partial charge on any atom is -0.373 e. The maximum absolute atomic E-state index is 14.3. The van der Waals surface area contributed by atoms with Crippen LogP contribution in [-0.4, -0.2) is 49.3 Å².